The third-order valence-corrected chi connectivity index (χ3v) is 4.53. The Morgan fingerprint density at radius 3 is 2.23 bits per heavy atom. The minimum atomic E-state index is 0.805. The van der Waals surface area contributed by atoms with E-state index in [1.165, 1.54) is 16.8 Å². The van der Waals surface area contributed by atoms with Gasteiger partial charge in [-0.05, 0) is 36.2 Å². The van der Waals surface area contributed by atoms with Crippen LogP contribution < -0.4 is 0 Å². The lowest BCUT2D eigenvalue weighted by atomic mass is 10.1. The van der Waals surface area contributed by atoms with E-state index in [1.807, 2.05) is 24.4 Å². The molecule has 2 heterocycles. The number of piperazine rings is 1. The number of rotatable bonds is 4. The van der Waals surface area contributed by atoms with Crippen LogP contribution in [0, 0.1) is 6.92 Å². The predicted molar refractivity (Wildman–Crippen MR) is 91.0 cm³/mol. The van der Waals surface area contributed by atoms with E-state index in [2.05, 4.69) is 39.9 Å². The van der Waals surface area contributed by atoms with Crippen molar-refractivity contribution in [2.75, 3.05) is 26.2 Å². The number of aryl methyl sites for hydroxylation is 1. The molecule has 0 spiro atoms. The van der Waals surface area contributed by atoms with Crippen LogP contribution in [0.15, 0.2) is 42.6 Å². The Morgan fingerprint density at radius 1 is 0.955 bits per heavy atom. The molecule has 2 aromatic rings. The van der Waals surface area contributed by atoms with E-state index in [9.17, 15) is 0 Å². The van der Waals surface area contributed by atoms with Crippen LogP contribution in [0.5, 0.6) is 0 Å². The van der Waals surface area contributed by atoms with Gasteiger partial charge in [-0.25, -0.2) is 0 Å². The Bertz CT molecular complexity index is 604. The van der Waals surface area contributed by atoms with Gasteiger partial charge >= 0.3 is 0 Å². The zero-order valence-electron chi connectivity index (χ0n) is 13.0. The molecular weight excluding hydrogens is 294 g/mol. The zero-order valence-corrected chi connectivity index (χ0v) is 13.8. The van der Waals surface area contributed by atoms with E-state index in [0.29, 0.717) is 0 Å². The molecule has 1 aromatic heterocycles. The monoisotopic (exact) mass is 315 g/mol. The van der Waals surface area contributed by atoms with Gasteiger partial charge in [-0.2, -0.15) is 0 Å². The molecule has 0 unspecified atom stereocenters. The van der Waals surface area contributed by atoms with Crippen LogP contribution in [0.25, 0.3) is 0 Å². The van der Waals surface area contributed by atoms with Crippen molar-refractivity contribution in [2.24, 2.45) is 0 Å². The number of aromatic nitrogens is 1. The highest BCUT2D eigenvalue weighted by molar-refractivity contribution is 6.30. The van der Waals surface area contributed by atoms with Gasteiger partial charge in [-0.3, -0.25) is 14.8 Å². The molecule has 0 N–H and O–H groups in total. The maximum atomic E-state index is 5.94. The molecule has 3 nitrogen and oxygen atoms in total. The van der Waals surface area contributed by atoms with Crippen LogP contribution in [0.2, 0.25) is 5.02 Å². The summed E-state index contributed by atoms with van der Waals surface area (Å²) in [5, 5.41) is 0.805. The third kappa shape index (κ3) is 4.07. The molecule has 1 aliphatic rings. The summed E-state index contributed by atoms with van der Waals surface area (Å²) in [6.45, 7) is 8.52. The Hall–Kier alpha value is -1.42. The van der Waals surface area contributed by atoms with Crippen molar-refractivity contribution in [3.8, 4) is 0 Å². The summed E-state index contributed by atoms with van der Waals surface area (Å²) in [5.74, 6) is 0. The molecule has 0 saturated carbocycles. The van der Waals surface area contributed by atoms with Gasteiger partial charge in [0.1, 0.15) is 0 Å². The summed E-state index contributed by atoms with van der Waals surface area (Å²) in [7, 11) is 0. The fourth-order valence-corrected chi connectivity index (χ4v) is 2.98. The summed E-state index contributed by atoms with van der Waals surface area (Å²) in [6, 6.07) is 12.3. The highest BCUT2D eigenvalue weighted by Gasteiger charge is 2.17. The van der Waals surface area contributed by atoms with Crippen molar-refractivity contribution in [3.05, 3.63) is 64.4 Å². The first-order valence-corrected chi connectivity index (χ1v) is 8.18. The quantitative estimate of drug-likeness (QED) is 0.862. The maximum absolute atomic E-state index is 5.94. The predicted octanol–water partition coefficient (Wildman–Crippen LogP) is 3.36. The van der Waals surface area contributed by atoms with Crippen LogP contribution in [0.1, 0.15) is 16.8 Å². The van der Waals surface area contributed by atoms with Gasteiger partial charge in [0, 0.05) is 50.5 Å². The second-order valence-corrected chi connectivity index (χ2v) is 6.38. The molecule has 0 atom stereocenters. The molecule has 116 valence electrons. The minimum Gasteiger partial charge on any atom is -0.297 e. The van der Waals surface area contributed by atoms with Crippen molar-refractivity contribution in [3.63, 3.8) is 0 Å². The zero-order chi connectivity index (χ0) is 15.4. The highest BCUT2D eigenvalue weighted by Crippen LogP contribution is 2.14. The second-order valence-electron chi connectivity index (χ2n) is 5.95. The first-order valence-electron chi connectivity index (χ1n) is 7.80. The SMILES string of the molecule is Cc1cccnc1CN1CCN(Cc2ccc(Cl)cc2)CC1. The Morgan fingerprint density at radius 2 is 1.59 bits per heavy atom. The minimum absolute atomic E-state index is 0.805. The van der Waals surface area contributed by atoms with E-state index in [0.717, 1.165) is 44.3 Å². The lowest BCUT2D eigenvalue weighted by Crippen LogP contribution is -2.45. The van der Waals surface area contributed by atoms with Gasteiger partial charge in [-0.15, -0.1) is 0 Å². The van der Waals surface area contributed by atoms with Crippen molar-refractivity contribution in [1.29, 1.82) is 0 Å². The molecule has 0 bridgehead atoms. The molecule has 4 heteroatoms. The molecule has 0 radical (unpaired) electrons. The van der Waals surface area contributed by atoms with Gasteiger partial charge in [0.05, 0.1) is 5.69 Å². The largest absolute Gasteiger partial charge is 0.297 e. The molecule has 3 rings (SSSR count). The molecule has 1 aromatic carbocycles. The second kappa shape index (κ2) is 7.23. The van der Waals surface area contributed by atoms with Crippen LogP contribution in [-0.2, 0) is 13.1 Å². The standard InChI is InChI=1S/C18H22ClN3/c1-15-3-2-8-20-18(15)14-22-11-9-21(10-12-22)13-16-4-6-17(19)7-5-16/h2-8H,9-14H2,1H3. The fourth-order valence-electron chi connectivity index (χ4n) is 2.85. The summed E-state index contributed by atoms with van der Waals surface area (Å²) in [4.78, 5) is 9.50. The lowest BCUT2D eigenvalue weighted by Gasteiger charge is -2.34. The van der Waals surface area contributed by atoms with Gasteiger partial charge < -0.3 is 0 Å². The number of halogens is 1. The molecule has 0 aliphatic carbocycles. The van der Waals surface area contributed by atoms with E-state index >= 15 is 0 Å². The first kappa shape index (κ1) is 15.5. The van der Waals surface area contributed by atoms with Crippen LogP contribution in [0.4, 0.5) is 0 Å². The van der Waals surface area contributed by atoms with E-state index in [4.69, 9.17) is 11.6 Å². The van der Waals surface area contributed by atoms with E-state index < -0.39 is 0 Å². The Labute approximate surface area is 137 Å². The smallest absolute Gasteiger partial charge is 0.0573 e. The average Bonchev–Trinajstić information content (AvgIpc) is 2.54. The average molecular weight is 316 g/mol. The maximum Gasteiger partial charge on any atom is 0.0573 e. The van der Waals surface area contributed by atoms with Crippen LogP contribution in [0.3, 0.4) is 0 Å². The first-order chi connectivity index (χ1) is 10.7. The summed E-state index contributed by atoms with van der Waals surface area (Å²) in [6.07, 6.45) is 1.89. The van der Waals surface area contributed by atoms with Crippen molar-refractivity contribution in [1.82, 2.24) is 14.8 Å². The van der Waals surface area contributed by atoms with Crippen LogP contribution >= 0.6 is 11.6 Å². The van der Waals surface area contributed by atoms with Gasteiger partial charge in [-0.1, -0.05) is 29.8 Å². The fraction of sp³-hybridized carbons (Fsp3) is 0.389. The van der Waals surface area contributed by atoms with Crippen molar-refractivity contribution < 1.29 is 0 Å². The molecule has 1 fully saturated rings. The number of nitrogens with zero attached hydrogens (tertiary/aromatic N) is 3. The van der Waals surface area contributed by atoms with Crippen molar-refractivity contribution >= 4 is 11.6 Å². The molecule has 0 amide bonds. The summed E-state index contributed by atoms with van der Waals surface area (Å²) >= 11 is 5.94. The van der Waals surface area contributed by atoms with Crippen LogP contribution in [-0.4, -0.2) is 41.0 Å². The van der Waals surface area contributed by atoms with E-state index in [1.54, 1.807) is 0 Å². The van der Waals surface area contributed by atoms with Crippen molar-refractivity contribution in [2.45, 2.75) is 20.0 Å². The molecule has 1 saturated heterocycles. The molecular formula is C18H22ClN3. The number of hydrogen-bond donors (Lipinski definition) is 0. The van der Waals surface area contributed by atoms with Gasteiger partial charge in [0.2, 0.25) is 0 Å². The van der Waals surface area contributed by atoms with Gasteiger partial charge in [0.25, 0.3) is 0 Å². The normalized spacial score (nSPS) is 16.8. The van der Waals surface area contributed by atoms with E-state index in [-0.39, 0.29) is 0 Å². The molecule has 22 heavy (non-hydrogen) atoms. The lowest BCUT2D eigenvalue weighted by molar-refractivity contribution is 0.121. The number of pyridine rings is 1. The topological polar surface area (TPSA) is 19.4 Å². The Balaban J connectivity index is 1.50. The highest BCUT2D eigenvalue weighted by atomic mass is 35.5. The summed E-state index contributed by atoms with van der Waals surface area (Å²) in [5.41, 5.74) is 3.82. The summed E-state index contributed by atoms with van der Waals surface area (Å²) < 4.78 is 0. The number of benzene rings is 1. The number of hydrogen-bond acceptors (Lipinski definition) is 3. The third-order valence-electron chi connectivity index (χ3n) is 4.28. The Kier molecular flexibility index (Phi) is 5.08. The van der Waals surface area contributed by atoms with Gasteiger partial charge in [0.15, 0.2) is 0 Å². The molecule has 1 aliphatic heterocycles.